The number of hydrogen-bond acceptors (Lipinski definition) is 4. The Labute approximate surface area is 156 Å². The summed E-state index contributed by atoms with van der Waals surface area (Å²) in [6, 6.07) is 13.1. The highest BCUT2D eigenvalue weighted by molar-refractivity contribution is 8.18. The first-order valence-corrected chi connectivity index (χ1v) is 8.97. The van der Waals surface area contributed by atoms with Gasteiger partial charge in [-0.3, -0.25) is 9.59 Å². The number of aryl methyl sites for hydroxylation is 2. The van der Waals surface area contributed by atoms with Gasteiger partial charge in [0, 0.05) is 12.6 Å². The fraction of sp³-hybridized carbons (Fsp3) is 0.150. The number of carbonyl (C=O) groups excluding carboxylic acids is 2. The lowest BCUT2D eigenvalue weighted by Gasteiger charge is -2.02. The van der Waals surface area contributed by atoms with Crippen LogP contribution in [0.5, 0.6) is 0 Å². The summed E-state index contributed by atoms with van der Waals surface area (Å²) in [6.45, 7) is 4.03. The predicted octanol–water partition coefficient (Wildman–Crippen LogP) is 3.55. The van der Waals surface area contributed by atoms with Crippen molar-refractivity contribution in [3.63, 3.8) is 0 Å². The summed E-state index contributed by atoms with van der Waals surface area (Å²) >= 11 is 1.31. The molecular formula is C20H19N3O2S. The number of nitrogens with one attached hydrogen (secondary N) is 2. The van der Waals surface area contributed by atoms with Crippen LogP contribution in [-0.4, -0.2) is 24.0 Å². The summed E-state index contributed by atoms with van der Waals surface area (Å²) in [6.07, 6.45) is 1.79. The summed E-state index contributed by atoms with van der Waals surface area (Å²) in [5, 5.41) is 5.94. The van der Waals surface area contributed by atoms with Gasteiger partial charge in [-0.2, -0.15) is 0 Å². The van der Waals surface area contributed by atoms with Crippen LogP contribution in [0.3, 0.4) is 0 Å². The molecule has 2 aromatic rings. The molecule has 26 heavy (non-hydrogen) atoms. The normalized spacial score (nSPS) is 16.8. The maximum absolute atomic E-state index is 12.2. The monoisotopic (exact) mass is 365 g/mol. The molecule has 2 amide bonds. The Morgan fingerprint density at radius 1 is 1.15 bits per heavy atom. The van der Waals surface area contributed by atoms with Crippen molar-refractivity contribution < 1.29 is 9.59 Å². The van der Waals surface area contributed by atoms with Crippen LogP contribution in [0.2, 0.25) is 0 Å². The average Bonchev–Trinajstić information content (AvgIpc) is 2.96. The van der Waals surface area contributed by atoms with Crippen molar-refractivity contribution in [3.8, 4) is 0 Å². The summed E-state index contributed by atoms with van der Waals surface area (Å²) in [7, 11) is 1.59. The van der Waals surface area contributed by atoms with Crippen molar-refractivity contribution in [2.75, 3.05) is 7.05 Å². The standard InChI is InChI=1S/C20H19N3O2S/c1-12-4-9-16(13(2)10-12)22-20-23-19(25)17(26-20)11-14-5-7-15(8-6-14)18(24)21-3/h4-11H,1-3H3,(H,21,24)(H,22,23,25)/b17-11+. The lowest BCUT2D eigenvalue weighted by atomic mass is 10.1. The molecule has 0 aromatic heterocycles. The van der Waals surface area contributed by atoms with E-state index in [4.69, 9.17) is 0 Å². The van der Waals surface area contributed by atoms with Crippen LogP contribution < -0.4 is 10.6 Å². The molecule has 0 saturated carbocycles. The molecule has 1 saturated heterocycles. The van der Waals surface area contributed by atoms with E-state index in [1.807, 2.05) is 38.1 Å². The first-order chi connectivity index (χ1) is 12.5. The van der Waals surface area contributed by atoms with Crippen molar-refractivity contribution >= 4 is 40.5 Å². The fourth-order valence-electron chi connectivity index (χ4n) is 2.55. The number of hydrogen-bond donors (Lipinski definition) is 2. The summed E-state index contributed by atoms with van der Waals surface area (Å²) in [5.41, 5.74) is 4.51. The van der Waals surface area contributed by atoms with E-state index in [-0.39, 0.29) is 11.8 Å². The Morgan fingerprint density at radius 2 is 1.88 bits per heavy atom. The lowest BCUT2D eigenvalue weighted by Crippen LogP contribution is -2.19. The molecule has 1 aliphatic rings. The second-order valence-electron chi connectivity index (χ2n) is 5.97. The van der Waals surface area contributed by atoms with Crippen molar-refractivity contribution in [3.05, 3.63) is 69.6 Å². The summed E-state index contributed by atoms with van der Waals surface area (Å²) < 4.78 is 0. The molecule has 5 nitrogen and oxygen atoms in total. The van der Waals surface area contributed by atoms with Crippen LogP contribution in [0.25, 0.3) is 6.08 Å². The number of carbonyl (C=O) groups is 2. The molecule has 2 aromatic carbocycles. The number of aliphatic imine (C=N–C) groups is 1. The largest absolute Gasteiger partial charge is 0.355 e. The number of amidine groups is 1. The van der Waals surface area contributed by atoms with Crippen LogP contribution >= 0.6 is 11.8 Å². The Bertz CT molecular complexity index is 931. The molecule has 0 bridgehead atoms. The Kier molecular flexibility index (Phi) is 5.23. The third-order valence-corrected chi connectivity index (χ3v) is 4.83. The average molecular weight is 365 g/mol. The highest BCUT2D eigenvalue weighted by Crippen LogP contribution is 2.29. The predicted molar refractivity (Wildman–Crippen MR) is 107 cm³/mol. The van der Waals surface area contributed by atoms with E-state index in [2.05, 4.69) is 21.7 Å². The quantitative estimate of drug-likeness (QED) is 0.817. The third kappa shape index (κ3) is 4.03. The van der Waals surface area contributed by atoms with E-state index < -0.39 is 0 Å². The van der Waals surface area contributed by atoms with Crippen LogP contribution in [0.1, 0.15) is 27.0 Å². The minimum Gasteiger partial charge on any atom is -0.355 e. The fourth-order valence-corrected chi connectivity index (χ4v) is 3.38. The molecule has 0 unspecified atom stereocenters. The number of amides is 2. The molecule has 6 heteroatoms. The van der Waals surface area contributed by atoms with Crippen molar-refractivity contribution in [2.45, 2.75) is 13.8 Å². The third-order valence-electron chi connectivity index (χ3n) is 3.92. The smallest absolute Gasteiger partial charge is 0.264 e. The molecule has 2 N–H and O–H groups in total. The highest BCUT2D eigenvalue weighted by atomic mass is 32.2. The molecule has 3 rings (SSSR count). The van der Waals surface area contributed by atoms with Gasteiger partial charge in [0.15, 0.2) is 5.17 Å². The van der Waals surface area contributed by atoms with Gasteiger partial charge in [0.1, 0.15) is 0 Å². The van der Waals surface area contributed by atoms with E-state index in [0.717, 1.165) is 16.8 Å². The second-order valence-corrected chi connectivity index (χ2v) is 7.00. The van der Waals surface area contributed by atoms with Gasteiger partial charge in [-0.1, -0.05) is 29.8 Å². The van der Waals surface area contributed by atoms with Crippen molar-refractivity contribution in [2.24, 2.45) is 4.99 Å². The van der Waals surface area contributed by atoms with Crippen LogP contribution in [0.15, 0.2) is 52.4 Å². The molecule has 1 aliphatic heterocycles. The van der Waals surface area contributed by atoms with E-state index in [0.29, 0.717) is 15.6 Å². The number of rotatable bonds is 3. The molecule has 1 heterocycles. The molecule has 0 radical (unpaired) electrons. The highest BCUT2D eigenvalue weighted by Gasteiger charge is 2.24. The minimum atomic E-state index is -0.172. The van der Waals surface area contributed by atoms with E-state index in [1.165, 1.54) is 17.3 Å². The molecule has 0 aliphatic carbocycles. The lowest BCUT2D eigenvalue weighted by molar-refractivity contribution is -0.115. The Hall–Kier alpha value is -2.86. The van der Waals surface area contributed by atoms with Gasteiger partial charge < -0.3 is 10.6 Å². The van der Waals surface area contributed by atoms with Gasteiger partial charge in [0.25, 0.3) is 11.8 Å². The zero-order valence-electron chi connectivity index (χ0n) is 14.8. The molecular weight excluding hydrogens is 346 g/mol. The first kappa shape index (κ1) is 17.9. The van der Waals surface area contributed by atoms with Crippen molar-refractivity contribution in [1.29, 1.82) is 0 Å². The van der Waals surface area contributed by atoms with E-state index in [1.54, 1.807) is 25.3 Å². The van der Waals surface area contributed by atoms with E-state index in [9.17, 15) is 9.59 Å². The summed E-state index contributed by atoms with van der Waals surface area (Å²) in [5.74, 6) is -0.311. The van der Waals surface area contributed by atoms with Gasteiger partial charge >= 0.3 is 0 Å². The Balaban J connectivity index is 1.80. The van der Waals surface area contributed by atoms with E-state index >= 15 is 0 Å². The van der Waals surface area contributed by atoms with Crippen LogP contribution in [0.4, 0.5) is 5.69 Å². The number of thioether (sulfide) groups is 1. The molecule has 1 fully saturated rings. The topological polar surface area (TPSA) is 70.6 Å². The van der Waals surface area contributed by atoms with Crippen molar-refractivity contribution in [1.82, 2.24) is 10.6 Å². The van der Waals surface area contributed by atoms with Gasteiger partial charge in [-0.15, -0.1) is 0 Å². The zero-order chi connectivity index (χ0) is 18.7. The molecule has 132 valence electrons. The van der Waals surface area contributed by atoms with Gasteiger partial charge in [0.2, 0.25) is 0 Å². The maximum atomic E-state index is 12.2. The molecule has 0 spiro atoms. The first-order valence-electron chi connectivity index (χ1n) is 8.15. The van der Waals surface area contributed by atoms with Gasteiger partial charge in [-0.05, 0) is 61.0 Å². The Morgan fingerprint density at radius 3 is 2.54 bits per heavy atom. The summed E-state index contributed by atoms with van der Waals surface area (Å²) in [4.78, 5) is 28.9. The molecule has 0 atom stereocenters. The van der Waals surface area contributed by atoms with Crippen LogP contribution in [-0.2, 0) is 4.79 Å². The minimum absolute atomic E-state index is 0.139. The second kappa shape index (κ2) is 7.58. The zero-order valence-corrected chi connectivity index (χ0v) is 15.6. The van der Waals surface area contributed by atoms with Gasteiger partial charge in [0.05, 0.1) is 10.6 Å². The van der Waals surface area contributed by atoms with Crippen LogP contribution in [0, 0.1) is 13.8 Å². The SMILES string of the molecule is CNC(=O)c1ccc(/C=C2/SC(=Nc3ccc(C)cc3C)NC2=O)cc1. The van der Waals surface area contributed by atoms with Gasteiger partial charge in [-0.25, -0.2) is 4.99 Å². The number of nitrogens with zero attached hydrogens (tertiary/aromatic N) is 1. The maximum Gasteiger partial charge on any atom is 0.264 e. The number of benzene rings is 2.